The number of rotatable bonds is 1. The number of aliphatic hydroxyl groups excluding tert-OH is 1. The summed E-state index contributed by atoms with van der Waals surface area (Å²) in [6.07, 6.45) is 5.75. The maximum atomic E-state index is 12.3. The zero-order chi connectivity index (χ0) is 11.8. The molecule has 1 aliphatic heterocycles. The predicted octanol–water partition coefficient (Wildman–Crippen LogP) is 1.07. The van der Waals surface area contributed by atoms with Crippen LogP contribution in [-0.2, 0) is 0 Å². The van der Waals surface area contributed by atoms with Gasteiger partial charge < -0.3 is 10.0 Å². The van der Waals surface area contributed by atoms with Gasteiger partial charge in [-0.25, -0.2) is 0 Å². The van der Waals surface area contributed by atoms with Crippen molar-refractivity contribution in [1.29, 1.82) is 0 Å². The van der Waals surface area contributed by atoms with E-state index >= 15 is 0 Å². The van der Waals surface area contributed by atoms with Gasteiger partial charge >= 0.3 is 0 Å². The number of pyridine rings is 1. The molecule has 4 nitrogen and oxygen atoms in total. The molecule has 2 bridgehead atoms. The van der Waals surface area contributed by atoms with Crippen LogP contribution < -0.4 is 0 Å². The standard InChI is InChI=1S/C13H16N2O2/c16-12-4-3-11-6-10(12)8-15(11)13(17)9-2-1-5-14-7-9/h1-2,5,7,10-12,16H,3-4,6,8H2. The largest absolute Gasteiger partial charge is 0.393 e. The number of fused-ring (bicyclic) bond motifs is 2. The molecule has 1 aliphatic carbocycles. The third kappa shape index (κ3) is 1.82. The van der Waals surface area contributed by atoms with Crippen LogP contribution in [0.4, 0.5) is 0 Å². The molecule has 3 atom stereocenters. The van der Waals surface area contributed by atoms with Crippen molar-refractivity contribution in [2.75, 3.05) is 6.54 Å². The third-order valence-corrected chi connectivity index (χ3v) is 3.96. The minimum atomic E-state index is -0.224. The molecule has 2 fully saturated rings. The van der Waals surface area contributed by atoms with E-state index < -0.39 is 0 Å². The lowest BCUT2D eigenvalue weighted by Crippen LogP contribution is -2.35. The molecule has 90 valence electrons. The lowest BCUT2D eigenvalue weighted by Gasteiger charge is -2.25. The molecule has 0 spiro atoms. The van der Waals surface area contributed by atoms with Gasteiger partial charge in [-0.15, -0.1) is 0 Å². The van der Waals surface area contributed by atoms with Crippen molar-refractivity contribution in [1.82, 2.24) is 9.88 Å². The van der Waals surface area contributed by atoms with Crippen LogP contribution in [0.2, 0.25) is 0 Å². The van der Waals surface area contributed by atoms with E-state index in [9.17, 15) is 9.90 Å². The Morgan fingerprint density at radius 1 is 1.47 bits per heavy atom. The van der Waals surface area contributed by atoms with Gasteiger partial charge in [-0.05, 0) is 31.4 Å². The average molecular weight is 232 g/mol. The van der Waals surface area contributed by atoms with E-state index in [1.54, 1.807) is 24.5 Å². The minimum absolute atomic E-state index is 0.0553. The second-order valence-corrected chi connectivity index (χ2v) is 4.99. The number of amides is 1. The van der Waals surface area contributed by atoms with Crippen molar-refractivity contribution in [3.05, 3.63) is 30.1 Å². The molecule has 1 saturated carbocycles. The van der Waals surface area contributed by atoms with E-state index in [0.717, 1.165) is 19.3 Å². The summed E-state index contributed by atoms with van der Waals surface area (Å²) >= 11 is 0. The molecule has 4 heteroatoms. The van der Waals surface area contributed by atoms with Gasteiger partial charge in [-0.1, -0.05) is 0 Å². The van der Waals surface area contributed by atoms with E-state index in [2.05, 4.69) is 4.98 Å². The molecule has 17 heavy (non-hydrogen) atoms. The monoisotopic (exact) mass is 232 g/mol. The summed E-state index contributed by atoms with van der Waals surface area (Å²) < 4.78 is 0. The smallest absolute Gasteiger partial charge is 0.255 e. The van der Waals surface area contributed by atoms with Gasteiger partial charge in [0.1, 0.15) is 0 Å². The van der Waals surface area contributed by atoms with E-state index in [1.165, 1.54) is 0 Å². The minimum Gasteiger partial charge on any atom is -0.393 e. The van der Waals surface area contributed by atoms with Crippen molar-refractivity contribution in [3.8, 4) is 0 Å². The van der Waals surface area contributed by atoms with Crippen molar-refractivity contribution in [3.63, 3.8) is 0 Å². The Balaban J connectivity index is 1.80. The lowest BCUT2D eigenvalue weighted by atomic mass is 9.88. The number of carbonyl (C=O) groups excluding carboxylic acids is 1. The van der Waals surface area contributed by atoms with Crippen LogP contribution in [0.15, 0.2) is 24.5 Å². The second-order valence-electron chi connectivity index (χ2n) is 4.99. The fraction of sp³-hybridized carbons (Fsp3) is 0.538. The fourth-order valence-corrected chi connectivity index (χ4v) is 3.01. The Kier molecular flexibility index (Phi) is 2.59. The predicted molar refractivity (Wildman–Crippen MR) is 62.4 cm³/mol. The molecule has 1 amide bonds. The number of carbonyl (C=O) groups is 1. The van der Waals surface area contributed by atoms with Crippen molar-refractivity contribution >= 4 is 5.91 Å². The lowest BCUT2D eigenvalue weighted by molar-refractivity contribution is 0.0729. The first-order chi connectivity index (χ1) is 8.25. The molecular weight excluding hydrogens is 216 g/mol. The van der Waals surface area contributed by atoms with E-state index in [0.29, 0.717) is 18.2 Å². The summed E-state index contributed by atoms with van der Waals surface area (Å²) in [4.78, 5) is 18.2. The van der Waals surface area contributed by atoms with E-state index in [-0.39, 0.29) is 17.9 Å². The number of hydrogen-bond acceptors (Lipinski definition) is 3. The van der Waals surface area contributed by atoms with Gasteiger partial charge in [-0.2, -0.15) is 0 Å². The molecular formula is C13H16N2O2. The number of aromatic nitrogens is 1. The number of aliphatic hydroxyl groups is 1. The second kappa shape index (κ2) is 4.11. The van der Waals surface area contributed by atoms with E-state index in [1.807, 2.05) is 4.90 Å². The molecule has 1 saturated heterocycles. The highest BCUT2D eigenvalue weighted by atomic mass is 16.3. The molecule has 0 aromatic carbocycles. The van der Waals surface area contributed by atoms with Gasteiger partial charge in [-0.3, -0.25) is 9.78 Å². The number of nitrogens with zero attached hydrogens (tertiary/aromatic N) is 2. The average Bonchev–Trinajstić information content (AvgIpc) is 2.74. The quantitative estimate of drug-likeness (QED) is 0.788. The molecule has 0 radical (unpaired) electrons. The van der Waals surface area contributed by atoms with Gasteiger partial charge in [0.15, 0.2) is 0 Å². The SMILES string of the molecule is O=C(c1cccnc1)N1CC2CC1CCC2O. The summed E-state index contributed by atoms with van der Waals surface area (Å²) in [5.74, 6) is 0.328. The summed E-state index contributed by atoms with van der Waals surface area (Å²) in [5, 5.41) is 9.82. The Bertz CT molecular complexity index is 421. The maximum Gasteiger partial charge on any atom is 0.255 e. The fourth-order valence-electron chi connectivity index (χ4n) is 3.01. The Morgan fingerprint density at radius 2 is 2.35 bits per heavy atom. The number of likely N-dealkylation sites (tertiary alicyclic amines) is 1. The van der Waals surface area contributed by atoms with Crippen LogP contribution >= 0.6 is 0 Å². The zero-order valence-corrected chi connectivity index (χ0v) is 9.62. The summed E-state index contributed by atoms with van der Waals surface area (Å²) in [6.45, 7) is 0.694. The molecule has 2 heterocycles. The Morgan fingerprint density at radius 3 is 3.06 bits per heavy atom. The van der Waals surface area contributed by atoms with Crippen molar-refractivity contribution in [2.24, 2.45) is 5.92 Å². The highest BCUT2D eigenvalue weighted by molar-refractivity contribution is 5.94. The Hall–Kier alpha value is -1.42. The summed E-state index contributed by atoms with van der Waals surface area (Å²) in [7, 11) is 0. The zero-order valence-electron chi connectivity index (χ0n) is 9.62. The van der Waals surface area contributed by atoms with Gasteiger partial charge in [0, 0.05) is 30.9 Å². The molecule has 1 aromatic heterocycles. The first-order valence-electron chi connectivity index (χ1n) is 6.15. The van der Waals surface area contributed by atoms with Gasteiger partial charge in [0.2, 0.25) is 0 Å². The normalized spacial score (nSPS) is 31.6. The van der Waals surface area contributed by atoms with Gasteiger partial charge in [0.25, 0.3) is 5.91 Å². The number of hydrogen-bond donors (Lipinski definition) is 1. The maximum absolute atomic E-state index is 12.3. The van der Waals surface area contributed by atoms with Crippen LogP contribution in [0.25, 0.3) is 0 Å². The van der Waals surface area contributed by atoms with Crippen LogP contribution in [-0.4, -0.2) is 39.6 Å². The van der Waals surface area contributed by atoms with Gasteiger partial charge in [0.05, 0.1) is 11.7 Å². The molecule has 3 rings (SSSR count). The molecule has 2 aliphatic rings. The van der Waals surface area contributed by atoms with Crippen LogP contribution in [0.3, 0.4) is 0 Å². The van der Waals surface area contributed by atoms with Crippen LogP contribution in [0.1, 0.15) is 29.6 Å². The first kappa shape index (κ1) is 10.7. The van der Waals surface area contributed by atoms with Crippen molar-refractivity contribution in [2.45, 2.75) is 31.4 Å². The Labute approximate surface area is 100 Å². The van der Waals surface area contributed by atoms with Crippen LogP contribution in [0, 0.1) is 5.92 Å². The molecule has 1 N–H and O–H groups in total. The third-order valence-electron chi connectivity index (χ3n) is 3.96. The molecule has 1 aromatic rings. The highest BCUT2D eigenvalue weighted by Crippen LogP contribution is 2.36. The topological polar surface area (TPSA) is 53.4 Å². The summed E-state index contributed by atoms with van der Waals surface area (Å²) in [5.41, 5.74) is 0.648. The van der Waals surface area contributed by atoms with E-state index in [4.69, 9.17) is 0 Å². The van der Waals surface area contributed by atoms with Crippen LogP contribution in [0.5, 0.6) is 0 Å². The summed E-state index contributed by atoms with van der Waals surface area (Å²) in [6, 6.07) is 3.90. The van der Waals surface area contributed by atoms with Crippen molar-refractivity contribution < 1.29 is 9.90 Å². The first-order valence-corrected chi connectivity index (χ1v) is 6.15. The highest BCUT2D eigenvalue weighted by Gasteiger charge is 2.42. The molecule has 3 unspecified atom stereocenters.